The quantitative estimate of drug-likeness (QED) is 0.832. The molecule has 0 bridgehead atoms. The standard InChI is InChI=1S/C11H10ClIN4O/c1-14-10-3-2-7(12)9(16-10)5-17-6-15-4-8(13)11(17)18/h2-4,6H,5H2,1H3,(H,14,16). The SMILES string of the molecule is CNc1ccc(Cl)c(Cn2cncc(I)c2=O)n1. The van der Waals surface area contributed by atoms with Crippen LogP contribution in [0.5, 0.6) is 0 Å². The fraction of sp³-hybridized carbons (Fsp3) is 0.182. The maximum atomic E-state index is 11.9. The van der Waals surface area contributed by atoms with E-state index in [-0.39, 0.29) is 5.56 Å². The molecule has 0 aliphatic carbocycles. The molecule has 2 aromatic heterocycles. The minimum absolute atomic E-state index is 0.0988. The van der Waals surface area contributed by atoms with Crippen molar-refractivity contribution < 1.29 is 0 Å². The Labute approximate surface area is 122 Å². The van der Waals surface area contributed by atoms with E-state index in [1.807, 2.05) is 22.6 Å². The molecule has 94 valence electrons. The van der Waals surface area contributed by atoms with E-state index in [9.17, 15) is 4.79 Å². The number of pyridine rings is 1. The van der Waals surface area contributed by atoms with Crippen LogP contribution < -0.4 is 10.9 Å². The van der Waals surface area contributed by atoms with Crippen LogP contribution >= 0.6 is 34.2 Å². The van der Waals surface area contributed by atoms with Gasteiger partial charge in [-0.2, -0.15) is 0 Å². The molecule has 2 aromatic rings. The second-order valence-corrected chi connectivity index (χ2v) is 5.12. The Morgan fingerprint density at radius 2 is 2.28 bits per heavy atom. The van der Waals surface area contributed by atoms with Crippen LogP contribution in [-0.4, -0.2) is 21.6 Å². The molecular weight excluding hydrogens is 367 g/mol. The lowest BCUT2D eigenvalue weighted by molar-refractivity contribution is 0.714. The van der Waals surface area contributed by atoms with Crippen LogP contribution in [-0.2, 0) is 6.54 Å². The first-order valence-electron chi connectivity index (χ1n) is 5.15. The molecule has 0 aliphatic heterocycles. The molecule has 0 aromatic carbocycles. The van der Waals surface area contributed by atoms with Gasteiger partial charge in [-0.05, 0) is 34.7 Å². The van der Waals surface area contributed by atoms with Crippen LogP contribution in [0, 0.1) is 3.57 Å². The molecule has 0 unspecified atom stereocenters. The van der Waals surface area contributed by atoms with E-state index in [4.69, 9.17) is 11.6 Å². The van der Waals surface area contributed by atoms with E-state index in [1.165, 1.54) is 17.1 Å². The van der Waals surface area contributed by atoms with Crippen molar-refractivity contribution in [1.82, 2.24) is 14.5 Å². The molecule has 0 saturated heterocycles. The topological polar surface area (TPSA) is 59.8 Å². The molecule has 0 radical (unpaired) electrons. The van der Waals surface area contributed by atoms with Crippen LogP contribution in [0.15, 0.2) is 29.5 Å². The second-order valence-electron chi connectivity index (χ2n) is 3.55. The summed E-state index contributed by atoms with van der Waals surface area (Å²) in [5.41, 5.74) is 0.535. The number of aromatic nitrogens is 3. The fourth-order valence-corrected chi connectivity index (χ4v) is 2.07. The van der Waals surface area contributed by atoms with Gasteiger partial charge in [0.05, 0.1) is 27.2 Å². The Kier molecular flexibility index (Phi) is 4.18. The number of hydrogen-bond donors (Lipinski definition) is 1. The third-order valence-electron chi connectivity index (χ3n) is 2.35. The Balaban J connectivity index is 2.39. The summed E-state index contributed by atoms with van der Waals surface area (Å²) in [6.45, 7) is 0.303. The maximum Gasteiger partial charge on any atom is 0.267 e. The predicted molar refractivity (Wildman–Crippen MR) is 79.1 cm³/mol. The third-order valence-corrected chi connectivity index (χ3v) is 3.44. The van der Waals surface area contributed by atoms with E-state index < -0.39 is 0 Å². The summed E-state index contributed by atoms with van der Waals surface area (Å²) in [5.74, 6) is 0.709. The van der Waals surface area contributed by atoms with Crippen molar-refractivity contribution in [1.29, 1.82) is 0 Å². The summed E-state index contributed by atoms with van der Waals surface area (Å²) in [7, 11) is 1.78. The van der Waals surface area contributed by atoms with Crippen LogP contribution in [0.3, 0.4) is 0 Å². The summed E-state index contributed by atoms with van der Waals surface area (Å²) in [6, 6.07) is 3.53. The van der Waals surface area contributed by atoms with Gasteiger partial charge in [-0.1, -0.05) is 11.6 Å². The monoisotopic (exact) mass is 376 g/mol. The van der Waals surface area contributed by atoms with E-state index in [1.54, 1.807) is 19.2 Å². The molecule has 2 heterocycles. The van der Waals surface area contributed by atoms with Crippen molar-refractivity contribution in [2.45, 2.75) is 6.54 Å². The summed E-state index contributed by atoms with van der Waals surface area (Å²) < 4.78 is 2.05. The highest BCUT2D eigenvalue weighted by atomic mass is 127. The minimum Gasteiger partial charge on any atom is -0.373 e. The lowest BCUT2D eigenvalue weighted by Gasteiger charge is -2.08. The van der Waals surface area contributed by atoms with Crippen LogP contribution in [0.25, 0.3) is 0 Å². The smallest absolute Gasteiger partial charge is 0.267 e. The molecule has 5 nitrogen and oxygen atoms in total. The first kappa shape index (κ1) is 13.3. The second kappa shape index (κ2) is 5.66. The third kappa shape index (κ3) is 2.81. The molecule has 1 N–H and O–H groups in total. The number of anilines is 1. The van der Waals surface area contributed by atoms with Crippen LogP contribution in [0.1, 0.15) is 5.69 Å². The Morgan fingerprint density at radius 3 is 3.00 bits per heavy atom. The molecule has 0 spiro atoms. The summed E-state index contributed by atoms with van der Waals surface area (Å²) in [4.78, 5) is 20.2. The van der Waals surface area contributed by atoms with Gasteiger partial charge in [-0.3, -0.25) is 9.36 Å². The highest BCUT2D eigenvalue weighted by Gasteiger charge is 2.07. The molecule has 2 rings (SSSR count). The fourth-order valence-electron chi connectivity index (χ4n) is 1.43. The Hall–Kier alpha value is -1.15. The van der Waals surface area contributed by atoms with Gasteiger partial charge in [0.2, 0.25) is 0 Å². The number of rotatable bonds is 3. The van der Waals surface area contributed by atoms with Gasteiger partial charge in [0.1, 0.15) is 5.82 Å². The largest absolute Gasteiger partial charge is 0.373 e. The van der Waals surface area contributed by atoms with Crippen LogP contribution in [0.4, 0.5) is 5.82 Å². The molecule has 0 fully saturated rings. The molecule has 0 amide bonds. The predicted octanol–water partition coefficient (Wildman–Crippen LogP) is 1.99. The van der Waals surface area contributed by atoms with Gasteiger partial charge in [0, 0.05) is 13.2 Å². The molecular formula is C11H10ClIN4O. The first-order chi connectivity index (χ1) is 8.61. The molecule has 18 heavy (non-hydrogen) atoms. The van der Waals surface area contributed by atoms with Gasteiger partial charge in [-0.15, -0.1) is 0 Å². The van der Waals surface area contributed by atoms with Gasteiger partial charge in [-0.25, -0.2) is 9.97 Å². The maximum absolute atomic E-state index is 11.9. The minimum atomic E-state index is -0.0988. The molecule has 0 atom stereocenters. The van der Waals surface area contributed by atoms with Gasteiger partial charge >= 0.3 is 0 Å². The normalized spacial score (nSPS) is 10.4. The average Bonchev–Trinajstić information content (AvgIpc) is 2.37. The number of nitrogens with one attached hydrogen (secondary N) is 1. The summed E-state index contributed by atoms with van der Waals surface area (Å²) in [5, 5.41) is 3.46. The molecule has 7 heteroatoms. The number of hydrogen-bond acceptors (Lipinski definition) is 4. The Bertz CT molecular complexity index is 629. The number of halogens is 2. The molecule has 0 saturated carbocycles. The highest BCUT2D eigenvalue weighted by Crippen LogP contribution is 2.17. The van der Waals surface area contributed by atoms with E-state index in [2.05, 4.69) is 15.3 Å². The van der Waals surface area contributed by atoms with Crippen molar-refractivity contribution in [2.75, 3.05) is 12.4 Å². The average molecular weight is 377 g/mol. The Morgan fingerprint density at radius 1 is 1.50 bits per heavy atom. The zero-order chi connectivity index (χ0) is 13.1. The van der Waals surface area contributed by atoms with Crippen molar-refractivity contribution in [3.63, 3.8) is 0 Å². The lowest BCUT2D eigenvalue weighted by Crippen LogP contribution is -2.23. The van der Waals surface area contributed by atoms with Crippen molar-refractivity contribution in [3.05, 3.63) is 49.3 Å². The lowest BCUT2D eigenvalue weighted by atomic mass is 10.3. The zero-order valence-electron chi connectivity index (χ0n) is 9.52. The van der Waals surface area contributed by atoms with Gasteiger partial charge in [0.25, 0.3) is 5.56 Å². The van der Waals surface area contributed by atoms with E-state index >= 15 is 0 Å². The van der Waals surface area contributed by atoms with Gasteiger partial charge < -0.3 is 5.32 Å². The summed E-state index contributed by atoms with van der Waals surface area (Å²) >= 11 is 8.02. The number of nitrogens with zero attached hydrogens (tertiary/aromatic N) is 3. The van der Waals surface area contributed by atoms with Gasteiger partial charge in [0.15, 0.2) is 0 Å². The van der Waals surface area contributed by atoms with E-state index in [0.717, 1.165) is 0 Å². The zero-order valence-corrected chi connectivity index (χ0v) is 12.4. The van der Waals surface area contributed by atoms with Crippen molar-refractivity contribution in [2.24, 2.45) is 0 Å². The van der Waals surface area contributed by atoms with Crippen molar-refractivity contribution >= 4 is 40.0 Å². The van der Waals surface area contributed by atoms with Crippen molar-refractivity contribution in [3.8, 4) is 0 Å². The highest BCUT2D eigenvalue weighted by molar-refractivity contribution is 14.1. The molecule has 0 aliphatic rings. The van der Waals surface area contributed by atoms with E-state index in [0.29, 0.717) is 26.6 Å². The summed E-state index contributed by atoms with van der Waals surface area (Å²) in [6.07, 6.45) is 3.01. The van der Waals surface area contributed by atoms with Crippen LogP contribution in [0.2, 0.25) is 5.02 Å². The first-order valence-corrected chi connectivity index (χ1v) is 6.60.